The summed E-state index contributed by atoms with van der Waals surface area (Å²) < 4.78 is 8.08. The molecule has 2 aromatic heterocycles. The van der Waals surface area contributed by atoms with E-state index in [2.05, 4.69) is 32.2 Å². The summed E-state index contributed by atoms with van der Waals surface area (Å²) in [5.74, 6) is 1.76. The average molecular weight is 363 g/mol. The van der Waals surface area contributed by atoms with Crippen LogP contribution in [0.5, 0.6) is 5.88 Å². The molecule has 1 saturated carbocycles. The van der Waals surface area contributed by atoms with Crippen LogP contribution in [0.2, 0.25) is 5.02 Å². The van der Waals surface area contributed by atoms with E-state index in [1.54, 1.807) is 6.20 Å². The van der Waals surface area contributed by atoms with Crippen LogP contribution >= 0.6 is 11.6 Å². The Morgan fingerprint density at radius 1 is 1.24 bits per heavy atom. The molecule has 1 fully saturated rings. The molecule has 0 spiro atoms. The third-order valence-electron chi connectivity index (χ3n) is 4.87. The number of hydrogen-bond acceptors (Lipinski definition) is 6. The summed E-state index contributed by atoms with van der Waals surface area (Å²) in [5.41, 5.74) is 1.91. The molecule has 8 heteroatoms. The third-order valence-corrected chi connectivity index (χ3v) is 5.15. The van der Waals surface area contributed by atoms with Crippen molar-refractivity contribution >= 4 is 29.1 Å². The van der Waals surface area contributed by atoms with Crippen molar-refractivity contribution in [1.82, 2.24) is 19.7 Å². The highest BCUT2D eigenvalue weighted by molar-refractivity contribution is 6.32. The first kappa shape index (κ1) is 16.4. The summed E-state index contributed by atoms with van der Waals surface area (Å²) >= 11 is 6.17. The Kier molecular flexibility index (Phi) is 4.65. The SMILES string of the molecule is Cc1c2c(nn1C1CCCCC1)OCCCNc1nc(ncc1Cl)N2. The summed E-state index contributed by atoms with van der Waals surface area (Å²) in [6, 6.07) is 0.447. The monoisotopic (exact) mass is 362 g/mol. The lowest BCUT2D eigenvalue weighted by atomic mass is 9.95. The van der Waals surface area contributed by atoms with Gasteiger partial charge in [-0.3, -0.25) is 4.68 Å². The van der Waals surface area contributed by atoms with Gasteiger partial charge >= 0.3 is 0 Å². The maximum Gasteiger partial charge on any atom is 0.257 e. The predicted molar refractivity (Wildman–Crippen MR) is 98.0 cm³/mol. The van der Waals surface area contributed by atoms with Crippen LogP contribution in [0.4, 0.5) is 17.5 Å². The van der Waals surface area contributed by atoms with Gasteiger partial charge in [-0.15, -0.1) is 5.10 Å². The van der Waals surface area contributed by atoms with Crippen LogP contribution in [0.25, 0.3) is 0 Å². The third kappa shape index (κ3) is 3.38. The Labute approximate surface area is 152 Å². The maximum atomic E-state index is 6.17. The molecule has 2 bridgehead atoms. The number of aromatic nitrogens is 4. The number of nitrogens with zero attached hydrogens (tertiary/aromatic N) is 4. The maximum absolute atomic E-state index is 6.17. The van der Waals surface area contributed by atoms with Crippen LogP contribution in [0.1, 0.15) is 50.3 Å². The molecule has 0 radical (unpaired) electrons. The number of fused-ring (bicyclic) bond motifs is 3. The number of anilines is 3. The molecule has 0 unspecified atom stereocenters. The first-order valence-corrected chi connectivity index (χ1v) is 9.35. The van der Waals surface area contributed by atoms with Gasteiger partial charge in [-0.05, 0) is 26.2 Å². The molecule has 1 aliphatic carbocycles. The van der Waals surface area contributed by atoms with Crippen molar-refractivity contribution in [1.29, 1.82) is 0 Å². The van der Waals surface area contributed by atoms with E-state index in [0.29, 0.717) is 35.3 Å². The van der Waals surface area contributed by atoms with E-state index in [-0.39, 0.29) is 0 Å². The molecular weight excluding hydrogens is 340 g/mol. The Morgan fingerprint density at radius 2 is 2.08 bits per heavy atom. The molecule has 25 heavy (non-hydrogen) atoms. The van der Waals surface area contributed by atoms with Crippen LogP contribution in [0.15, 0.2) is 6.20 Å². The van der Waals surface area contributed by atoms with Gasteiger partial charge in [0.1, 0.15) is 10.7 Å². The highest BCUT2D eigenvalue weighted by atomic mass is 35.5. The number of hydrogen-bond donors (Lipinski definition) is 2. The fourth-order valence-electron chi connectivity index (χ4n) is 3.53. The molecule has 134 valence electrons. The second kappa shape index (κ2) is 7.07. The number of rotatable bonds is 1. The Hall–Kier alpha value is -2.02. The van der Waals surface area contributed by atoms with E-state index >= 15 is 0 Å². The zero-order valence-corrected chi connectivity index (χ0v) is 15.1. The van der Waals surface area contributed by atoms with Gasteiger partial charge in [0.15, 0.2) is 5.82 Å². The molecule has 3 heterocycles. The second-order valence-electron chi connectivity index (χ2n) is 6.65. The predicted octanol–water partition coefficient (Wildman–Crippen LogP) is 4.08. The van der Waals surface area contributed by atoms with Crippen molar-refractivity contribution in [3.05, 3.63) is 16.9 Å². The molecule has 2 N–H and O–H groups in total. The average Bonchev–Trinajstić information content (AvgIpc) is 2.92. The minimum absolute atomic E-state index is 0.447. The van der Waals surface area contributed by atoms with Gasteiger partial charge < -0.3 is 15.4 Å². The molecule has 0 saturated heterocycles. The second-order valence-corrected chi connectivity index (χ2v) is 7.05. The van der Waals surface area contributed by atoms with Crippen molar-refractivity contribution in [3.8, 4) is 5.88 Å². The normalized spacial score (nSPS) is 18.3. The molecule has 7 nitrogen and oxygen atoms in total. The number of ether oxygens (including phenoxy) is 1. The van der Waals surface area contributed by atoms with E-state index in [4.69, 9.17) is 21.4 Å². The van der Waals surface area contributed by atoms with Crippen molar-refractivity contribution in [2.45, 2.75) is 51.5 Å². The lowest BCUT2D eigenvalue weighted by molar-refractivity contribution is 0.282. The summed E-state index contributed by atoms with van der Waals surface area (Å²) in [6.07, 6.45) is 8.64. The van der Waals surface area contributed by atoms with Gasteiger partial charge in [0.05, 0.1) is 24.5 Å². The van der Waals surface area contributed by atoms with E-state index < -0.39 is 0 Å². The molecular formula is C17H23ClN6O. The smallest absolute Gasteiger partial charge is 0.257 e. The van der Waals surface area contributed by atoms with Gasteiger partial charge in [0.2, 0.25) is 5.95 Å². The highest BCUT2D eigenvalue weighted by Crippen LogP contribution is 2.36. The zero-order chi connectivity index (χ0) is 17.2. The Bertz CT molecular complexity index is 756. The lowest BCUT2D eigenvalue weighted by Crippen LogP contribution is -2.16. The molecule has 0 amide bonds. The molecule has 4 rings (SSSR count). The number of nitrogens with one attached hydrogen (secondary N) is 2. The Morgan fingerprint density at radius 3 is 2.92 bits per heavy atom. The minimum atomic E-state index is 0.447. The van der Waals surface area contributed by atoms with Crippen LogP contribution in [-0.4, -0.2) is 32.9 Å². The largest absolute Gasteiger partial charge is 0.475 e. The molecule has 2 aliphatic rings. The minimum Gasteiger partial charge on any atom is -0.475 e. The van der Waals surface area contributed by atoms with E-state index in [9.17, 15) is 0 Å². The molecule has 0 aromatic carbocycles. The van der Waals surface area contributed by atoms with E-state index in [0.717, 1.165) is 24.3 Å². The van der Waals surface area contributed by atoms with Gasteiger partial charge in [-0.2, -0.15) is 4.98 Å². The molecule has 0 atom stereocenters. The van der Waals surface area contributed by atoms with Crippen LogP contribution in [0.3, 0.4) is 0 Å². The van der Waals surface area contributed by atoms with Gasteiger partial charge in [-0.1, -0.05) is 30.9 Å². The quantitative estimate of drug-likeness (QED) is 0.796. The lowest BCUT2D eigenvalue weighted by Gasteiger charge is -2.23. The summed E-state index contributed by atoms with van der Waals surface area (Å²) in [7, 11) is 0. The summed E-state index contributed by atoms with van der Waals surface area (Å²) in [5, 5.41) is 11.8. The summed E-state index contributed by atoms with van der Waals surface area (Å²) in [6.45, 7) is 3.39. The topological polar surface area (TPSA) is 76.9 Å². The first-order valence-electron chi connectivity index (χ1n) is 8.97. The van der Waals surface area contributed by atoms with Crippen molar-refractivity contribution in [2.24, 2.45) is 0 Å². The zero-order valence-electron chi connectivity index (χ0n) is 14.4. The first-order chi connectivity index (χ1) is 12.2. The van der Waals surface area contributed by atoms with Gasteiger partial charge in [-0.25, -0.2) is 4.98 Å². The highest BCUT2D eigenvalue weighted by Gasteiger charge is 2.24. The van der Waals surface area contributed by atoms with Crippen LogP contribution in [0, 0.1) is 6.92 Å². The van der Waals surface area contributed by atoms with Crippen molar-refractivity contribution in [3.63, 3.8) is 0 Å². The van der Waals surface area contributed by atoms with Crippen molar-refractivity contribution < 1.29 is 4.74 Å². The van der Waals surface area contributed by atoms with E-state index in [1.807, 2.05) is 0 Å². The Balaban J connectivity index is 1.71. The molecule has 1 aliphatic heterocycles. The fraction of sp³-hybridized carbons (Fsp3) is 0.588. The van der Waals surface area contributed by atoms with Crippen molar-refractivity contribution in [2.75, 3.05) is 23.8 Å². The van der Waals surface area contributed by atoms with Gasteiger partial charge in [0, 0.05) is 6.54 Å². The van der Waals surface area contributed by atoms with Crippen LogP contribution < -0.4 is 15.4 Å². The standard InChI is InChI=1S/C17H23ClN6O/c1-11-14-16(23-24(11)12-6-3-2-4-7-12)25-9-5-8-19-15-13(18)10-20-17(21-14)22-15/h10,12H,2-9H2,1H3,(H2,19,20,21,22). The number of halogens is 1. The van der Waals surface area contributed by atoms with E-state index in [1.165, 1.54) is 32.1 Å². The van der Waals surface area contributed by atoms with Gasteiger partial charge in [0.25, 0.3) is 5.88 Å². The molecule has 2 aromatic rings. The van der Waals surface area contributed by atoms with Crippen LogP contribution in [-0.2, 0) is 0 Å². The summed E-state index contributed by atoms with van der Waals surface area (Å²) in [4.78, 5) is 8.77. The fourth-order valence-corrected chi connectivity index (χ4v) is 3.69.